The normalized spacial score (nSPS) is 11.4. The number of hydrogen-bond donors (Lipinski definition) is 1. The summed E-state index contributed by atoms with van der Waals surface area (Å²) >= 11 is 0. The van der Waals surface area contributed by atoms with Gasteiger partial charge in [-0.05, 0) is 12.8 Å². The summed E-state index contributed by atoms with van der Waals surface area (Å²) in [5.41, 5.74) is 0. The molecule has 0 aliphatic heterocycles. The highest BCUT2D eigenvalue weighted by Crippen LogP contribution is 2.15. The molecule has 0 spiro atoms. The van der Waals surface area contributed by atoms with Crippen LogP contribution in [0.2, 0.25) is 0 Å². The number of carboxylic acids is 1. The molecule has 4 heteroatoms. The highest BCUT2D eigenvalue weighted by Gasteiger charge is 2.10. The standard InChI is InChI=1S/C36H69NO3/c1-3-5-7-9-11-13-15-17-19-21-23-25-27-29-33-37(35(38)31-32-36(39)40)34-30-28-26-24-22-20-18-16-14-12-10-8-6-4-2/h31-32H,3-30,33-34H2,1-2H3,(H,39,40). The van der Waals surface area contributed by atoms with E-state index in [-0.39, 0.29) is 5.91 Å². The van der Waals surface area contributed by atoms with Crippen molar-refractivity contribution in [2.24, 2.45) is 0 Å². The summed E-state index contributed by atoms with van der Waals surface area (Å²) < 4.78 is 0. The SMILES string of the molecule is CCCCCCCCCCCCCCCCN(CCCCCCCCCCCCCCCC)C(=O)C=CC(=O)O. The van der Waals surface area contributed by atoms with Crippen molar-refractivity contribution in [2.45, 2.75) is 194 Å². The second-order valence-electron chi connectivity index (χ2n) is 12.2. The lowest BCUT2D eigenvalue weighted by molar-refractivity contribution is -0.132. The lowest BCUT2D eigenvalue weighted by atomic mass is 10.0. The first-order chi connectivity index (χ1) is 19.6. The molecule has 0 bridgehead atoms. The molecule has 40 heavy (non-hydrogen) atoms. The molecule has 0 saturated carbocycles. The van der Waals surface area contributed by atoms with E-state index in [0.29, 0.717) is 0 Å². The van der Waals surface area contributed by atoms with E-state index in [4.69, 9.17) is 5.11 Å². The van der Waals surface area contributed by atoms with Crippen molar-refractivity contribution in [3.8, 4) is 0 Å². The molecule has 0 aromatic heterocycles. The van der Waals surface area contributed by atoms with Crippen molar-refractivity contribution in [1.82, 2.24) is 4.90 Å². The Balaban J connectivity index is 3.83. The topological polar surface area (TPSA) is 57.6 Å². The second kappa shape index (κ2) is 32.2. The zero-order valence-electron chi connectivity index (χ0n) is 27.1. The molecule has 0 atom stereocenters. The number of carbonyl (C=O) groups is 2. The molecule has 0 aliphatic rings. The number of carboxylic acid groups (broad SMARTS) is 1. The lowest BCUT2D eigenvalue weighted by Crippen LogP contribution is -2.31. The highest BCUT2D eigenvalue weighted by atomic mass is 16.4. The molecule has 0 radical (unpaired) electrons. The Labute approximate surface area is 250 Å². The van der Waals surface area contributed by atoms with Crippen LogP contribution in [0.4, 0.5) is 0 Å². The minimum atomic E-state index is -1.05. The maximum absolute atomic E-state index is 12.6. The summed E-state index contributed by atoms with van der Waals surface area (Å²) in [5.74, 6) is -1.20. The van der Waals surface area contributed by atoms with Crippen LogP contribution in [0.1, 0.15) is 194 Å². The molecule has 1 amide bonds. The van der Waals surface area contributed by atoms with Gasteiger partial charge in [0.05, 0.1) is 0 Å². The minimum Gasteiger partial charge on any atom is -0.478 e. The molecular formula is C36H69NO3. The Morgan fingerprint density at radius 2 is 0.675 bits per heavy atom. The molecule has 0 rings (SSSR count). The minimum absolute atomic E-state index is 0.146. The molecule has 0 aromatic carbocycles. The number of hydrogen-bond acceptors (Lipinski definition) is 2. The molecule has 0 heterocycles. The van der Waals surface area contributed by atoms with E-state index >= 15 is 0 Å². The van der Waals surface area contributed by atoms with Crippen molar-refractivity contribution in [1.29, 1.82) is 0 Å². The molecule has 0 aromatic rings. The molecule has 0 saturated heterocycles. The average molecular weight is 564 g/mol. The summed E-state index contributed by atoms with van der Waals surface area (Å²) in [5, 5.41) is 8.90. The van der Waals surface area contributed by atoms with Crippen LogP contribution >= 0.6 is 0 Å². The number of carbonyl (C=O) groups excluding carboxylic acids is 1. The molecule has 236 valence electrons. The largest absolute Gasteiger partial charge is 0.478 e. The third-order valence-electron chi connectivity index (χ3n) is 8.24. The smallest absolute Gasteiger partial charge is 0.328 e. The van der Waals surface area contributed by atoms with Crippen molar-refractivity contribution >= 4 is 11.9 Å². The fourth-order valence-electron chi connectivity index (χ4n) is 5.57. The van der Waals surface area contributed by atoms with Crippen LogP contribution in [0.15, 0.2) is 12.2 Å². The van der Waals surface area contributed by atoms with Crippen molar-refractivity contribution in [2.75, 3.05) is 13.1 Å². The average Bonchev–Trinajstić information content (AvgIpc) is 2.95. The first-order valence-electron chi connectivity index (χ1n) is 17.8. The van der Waals surface area contributed by atoms with Gasteiger partial charge >= 0.3 is 5.97 Å². The van der Waals surface area contributed by atoms with Gasteiger partial charge in [-0.3, -0.25) is 4.79 Å². The summed E-state index contributed by atoms with van der Waals surface area (Å²) in [4.78, 5) is 25.3. The van der Waals surface area contributed by atoms with Crippen LogP contribution in [0.25, 0.3) is 0 Å². The summed E-state index contributed by atoms with van der Waals surface area (Å²) in [6.07, 6.45) is 39.3. The Kier molecular flexibility index (Phi) is 31.1. The number of rotatable bonds is 32. The fraction of sp³-hybridized carbons (Fsp3) is 0.889. The van der Waals surface area contributed by atoms with Gasteiger partial charge in [-0.1, -0.05) is 181 Å². The van der Waals surface area contributed by atoms with E-state index in [1.165, 1.54) is 160 Å². The van der Waals surface area contributed by atoms with Gasteiger partial charge in [0.2, 0.25) is 5.91 Å². The van der Waals surface area contributed by atoms with Crippen LogP contribution in [0.5, 0.6) is 0 Å². The summed E-state index contributed by atoms with van der Waals surface area (Å²) in [6, 6.07) is 0. The molecule has 0 aliphatic carbocycles. The van der Waals surface area contributed by atoms with Gasteiger partial charge in [-0.2, -0.15) is 0 Å². The van der Waals surface area contributed by atoms with Crippen molar-refractivity contribution in [3.05, 3.63) is 12.2 Å². The molecular weight excluding hydrogens is 494 g/mol. The summed E-state index contributed by atoms with van der Waals surface area (Å²) in [6.45, 7) is 6.05. The summed E-state index contributed by atoms with van der Waals surface area (Å²) in [7, 11) is 0. The van der Waals surface area contributed by atoms with Gasteiger partial charge in [0, 0.05) is 25.2 Å². The van der Waals surface area contributed by atoms with E-state index < -0.39 is 5.97 Å². The highest BCUT2D eigenvalue weighted by molar-refractivity contribution is 5.93. The zero-order valence-corrected chi connectivity index (χ0v) is 27.1. The van der Waals surface area contributed by atoms with Crippen LogP contribution in [0, 0.1) is 0 Å². The van der Waals surface area contributed by atoms with Gasteiger partial charge in [0.25, 0.3) is 0 Å². The predicted octanol–water partition coefficient (Wildman–Crippen LogP) is 11.4. The first kappa shape index (κ1) is 38.7. The van der Waals surface area contributed by atoms with Crippen molar-refractivity contribution in [3.63, 3.8) is 0 Å². The maximum Gasteiger partial charge on any atom is 0.328 e. The number of unbranched alkanes of at least 4 members (excludes halogenated alkanes) is 26. The number of aliphatic carboxylic acids is 1. The Morgan fingerprint density at radius 3 is 0.925 bits per heavy atom. The van der Waals surface area contributed by atoms with Crippen molar-refractivity contribution < 1.29 is 14.7 Å². The van der Waals surface area contributed by atoms with Gasteiger partial charge in [-0.15, -0.1) is 0 Å². The third kappa shape index (κ3) is 29.7. The van der Waals surface area contributed by atoms with Gasteiger partial charge < -0.3 is 10.0 Å². The quantitative estimate of drug-likeness (QED) is 0.0654. The van der Waals surface area contributed by atoms with E-state index in [0.717, 1.165) is 44.8 Å². The van der Waals surface area contributed by atoms with Gasteiger partial charge in [-0.25, -0.2) is 4.79 Å². The zero-order chi connectivity index (χ0) is 29.4. The Hall–Kier alpha value is -1.32. The molecule has 1 N–H and O–H groups in total. The van der Waals surface area contributed by atoms with Crippen LogP contribution in [-0.2, 0) is 9.59 Å². The predicted molar refractivity (Wildman–Crippen MR) is 174 cm³/mol. The van der Waals surface area contributed by atoms with E-state index in [2.05, 4.69) is 13.8 Å². The monoisotopic (exact) mass is 564 g/mol. The van der Waals surface area contributed by atoms with Gasteiger partial charge in [0.1, 0.15) is 0 Å². The Morgan fingerprint density at radius 1 is 0.425 bits per heavy atom. The molecule has 0 fully saturated rings. The first-order valence-corrected chi connectivity index (χ1v) is 17.8. The van der Waals surface area contributed by atoms with Crippen LogP contribution in [-0.4, -0.2) is 35.0 Å². The van der Waals surface area contributed by atoms with Crippen LogP contribution < -0.4 is 0 Å². The lowest BCUT2D eigenvalue weighted by Gasteiger charge is -2.21. The van der Waals surface area contributed by atoms with E-state index in [1.807, 2.05) is 4.90 Å². The van der Waals surface area contributed by atoms with E-state index in [1.54, 1.807) is 0 Å². The molecule has 4 nitrogen and oxygen atoms in total. The van der Waals surface area contributed by atoms with Gasteiger partial charge in [0.15, 0.2) is 0 Å². The molecule has 0 unspecified atom stereocenters. The number of amides is 1. The number of nitrogens with zero attached hydrogens (tertiary/aromatic N) is 1. The fourth-order valence-corrected chi connectivity index (χ4v) is 5.57. The maximum atomic E-state index is 12.6. The second-order valence-corrected chi connectivity index (χ2v) is 12.2. The third-order valence-corrected chi connectivity index (χ3v) is 8.24. The van der Waals surface area contributed by atoms with Crippen LogP contribution in [0.3, 0.4) is 0 Å². The Bertz CT molecular complexity index is 542. The van der Waals surface area contributed by atoms with E-state index in [9.17, 15) is 9.59 Å².